The molecule has 0 fully saturated rings. The number of aromatic nitrogens is 5. The van der Waals surface area contributed by atoms with Crippen molar-refractivity contribution in [1.82, 2.24) is 24.9 Å². The van der Waals surface area contributed by atoms with Crippen molar-refractivity contribution in [2.24, 2.45) is 0 Å². The van der Waals surface area contributed by atoms with E-state index in [9.17, 15) is 0 Å². The Morgan fingerprint density at radius 1 is 0.625 bits per heavy atom. The molecule has 3 aromatic heterocycles. The fraction of sp³-hybridized carbons (Fsp3) is 0.296. The van der Waals surface area contributed by atoms with E-state index in [-0.39, 0.29) is 10.8 Å². The average molecular weight is 424 g/mol. The van der Waals surface area contributed by atoms with Crippen LogP contribution in [-0.4, -0.2) is 24.9 Å². The average Bonchev–Trinajstić information content (AvgIpc) is 3.36. The topological polar surface area (TPSA) is 70.2 Å². The van der Waals surface area contributed by atoms with Gasteiger partial charge in [0.05, 0.1) is 22.1 Å². The standard InChI is InChI=1S/C27H29N5/c1-26(2,3)19-11-18(14-28-15-19)24-29-20-9-7-16(12-22(20)30-24)17-8-10-21-23(13-17)32-25(31-21)27(4,5)6/h7-15H,1-6H3,(H,29,30)(H,31,32). The van der Waals surface area contributed by atoms with Gasteiger partial charge in [-0.25, -0.2) is 9.97 Å². The normalized spacial score (nSPS) is 12.7. The molecule has 32 heavy (non-hydrogen) atoms. The van der Waals surface area contributed by atoms with Crippen LogP contribution >= 0.6 is 0 Å². The second-order valence-electron chi connectivity index (χ2n) is 10.6. The first kappa shape index (κ1) is 20.4. The number of H-pyrrole nitrogens is 2. The van der Waals surface area contributed by atoms with E-state index in [0.717, 1.165) is 50.4 Å². The van der Waals surface area contributed by atoms with Crippen LogP contribution in [0.4, 0.5) is 0 Å². The van der Waals surface area contributed by atoms with Crippen LogP contribution in [0.3, 0.4) is 0 Å². The first-order valence-electron chi connectivity index (χ1n) is 11.0. The second kappa shape index (κ2) is 7.02. The summed E-state index contributed by atoms with van der Waals surface area (Å²) in [7, 11) is 0. The summed E-state index contributed by atoms with van der Waals surface area (Å²) in [5, 5.41) is 0. The Morgan fingerprint density at radius 3 is 1.88 bits per heavy atom. The molecule has 0 bridgehead atoms. The van der Waals surface area contributed by atoms with Crippen molar-refractivity contribution in [2.75, 3.05) is 0 Å². The van der Waals surface area contributed by atoms with Gasteiger partial charge in [0.2, 0.25) is 0 Å². The van der Waals surface area contributed by atoms with Crippen molar-refractivity contribution in [2.45, 2.75) is 52.4 Å². The zero-order valence-electron chi connectivity index (χ0n) is 19.5. The molecule has 5 aromatic rings. The molecule has 5 heteroatoms. The number of hydrogen-bond acceptors (Lipinski definition) is 3. The molecule has 0 atom stereocenters. The summed E-state index contributed by atoms with van der Waals surface area (Å²) >= 11 is 0. The van der Waals surface area contributed by atoms with E-state index in [4.69, 9.17) is 9.97 Å². The van der Waals surface area contributed by atoms with Crippen molar-refractivity contribution in [3.05, 3.63) is 66.2 Å². The summed E-state index contributed by atoms with van der Waals surface area (Å²) in [5.74, 6) is 1.85. The maximum atomic E-state index is 4.81. The lowest BCUT2D eigenvalue weighted by Gasteiger charge is -2.18. The van der Waals surface area contributed by atoms with Crippen molar-refractivity contribution < 1.29 is 0 Å². The molecule has 5 nitrogen and oxygen atoms in total. The number of imidazole rings is 2. The zero-order valence-corrected chi connectivity index (χ0v) is 19.5. The molecule has 0 aliphatic heterocycles. The van der Waals surface area contributed by atoms with E-state index in [2.05, 4.69) is 99.0 Å². The zero-order chi connectivity index (χ0) is 22.7. The van der Waals surface area contributed by atoms with Crippen LogP contribution in [0.1, 0.15) is 52.9 Å². The van der Waals surface area contributed by atoms with Gasteiger partial charge in [0.25, 0.3) is 0 Å². The largest absolute Gasteiger partial charge is 0.342 e. The summed E-state index contributed by atoms with van der Waals surface area (Å²) < 4.78 is 0. The van der Waals surface area contributed by atoms with Gasteiger partial charge in [-0.1, -0.05) is 53.7 Å². The molecule has 2 N–H and O–H groups in total. The quantitative estimate of drug-likeness (QED) is 0.329. The highest BCUT2D eigenvalue weighted by Crippen LogP contribution is 2.30. The lowest BCUT2D eigenvalue weighted by molar-refractivity contribution is 0.554. The molecule has 5 rings (SSSR count). The number of fused-ring (bicyclic) bond motifs is 2. The minimum Gasteiger partial charge on any atom is -0.342 e. The molecule has 0 unspecified atom stereocenters. The Bertz CT molecular complexity index is 1440. The first-order valence-corrected chi connectivity index (χ1v) is 11.0. The van der Waals surface area contributed by atoms with Crippen LogP contribution in [-0.2, 0) is 10.8 Å². The fourth-order valence-electron chi connectivity index (χ4n) is 3.85. The van der Waals surface area contributed by atoms with Gasteiger partial charge >= 0.3 is 0 Å². The second-order valence-corrected chi connectivity index (χ2v) is 10.6. The van der Waals surface area contributed by atoms with Gasteiger partial charge in [-0.05, 0) is 52.4 Å². The maximum absolute atomic E-state index is 4.81. The van der Waals surface area contributed by atoms with Gasteiger partial charge in [0, 0.05) is 23.4 Å². The summed E-state index contributed by atoms with van der Waals surface area (Å²) in [6.07, 6.45) is 3.80. The van der Waals surface area contributed by atoms with E-state index in [0.29, 0.717) is 0 Å². The van der Waals surface area contributed by atoms with E-state index in [1.807, 2.05) is 12.4 Å². The van der Waals surface area contributed by atoms with Crippen molar-refractivity contribution in [3.8, 4) is 22.5 Å². The third-order valence-electron chi connectivity index (χ3n) is 5.89. The van der Waals surface area contributed by atoms with Gasteiger partial charge in [0.1, 0.15) is 11.6 Å². The Kier molecular flexibility index (Phi) is 4.48. The third-order valence-corrected chi connectivity index (χ3v) is 5.89. The highest BCUT2D eigenvalue weighted by atomic mass is 14.9. The minimum atomic E-state index is -0.0104. The van der Waals surface area contributed by atoms with Crippen LogP contribution in [0.25, 0.3) is 44.6 Å². The van der Waals surface area contributed by atoms with Crippen LogP contribution in [0, 0.1) is 0 Å². The Balaban J connectivity index is 1.53. The van der Waals surface area contributed by atoms with Gasteiger partial charge < -0.3 is 9.97 Å². The molecule has 0 aliphatic rings. The summed E-state index contributed by atoms with van der Waals surface area (Å²) in [6, 6.07) is 14.9. The van der Waals surface area contributed by atoms with E-state index in [1.165, 1.54) is 5.56 Å². The Hall–Kier alpha value is -3.47. The van der Waals surface area contributed by atoms with E-state index >= 15 is 0 Å². The number of hydrogen-bond donors (Lipinski definition) is 2. The monoisotopic (exact) mass is 423 g/mol. The molecular weight excluding hydrogens is 394 g/mol. The Morgan fingerprint density at radius 2 is 1.25 bits per heavy atom. The van der Waals surface area contributed by atoms with Crippen molar-refractivity contribution in [3.63, 3.8) is 0 Å². The van der Waals surface area contributed by atoms with Crippen molar-refractivity contribution >= 4 is 22.1 Å². The Labute approximate surface area is 188 Å². The van der Waals surface area contributed by atoms with Gasteiger partial charge in [0.15, 0.2) is 0 Å². The number of nitrogens with one attached hydrogen (secondary N) is 2. The van der Waals surface area contributed by atoms with Gasteiger partial charge in [-0.3, -0.25) is 4.98 Å². The van der Waals surface area contributed by atoms with E-state index in [1.54, 1.807) is 0 Å². The van der Waals surface area contributed by atoms with Crippen LogP contribution in [0.15, 0.2) is 54.9 Å². The fourth-order valence-corrected chi connectivity index (χ4v) is 3.85. The highest BCUT2D eigenvalue weighted by molar-refractivity contribution is 5.87. The van der Waals surface area contributed by atoms with Crippen LogP contribution in [0.5, 0.6) is 0 Å². The molecule has 0 saturated heterocycles. The molecule has 0 aliphatic carbocycles. The number of nitrogens with zero attached hydrogens (tertiary/aromatic N) is 3. The molecule has 2 aromatic carbocycles. The molecular formula is C27H29N5. The lowest BCUT2D eigenvalue weighted by atomic mass is 9.87. The summed E-state index contributed by atoms with van der Waals surface area (Å²) in [6.45, 7) is 13.1. The highest BCUT2D eigenvalue weighted by Gasteiger charge is 2.19. The number of pyridine rings is 1. The molecule has 0 spiro atoms. The number of aromatic amines is 2. The molecule has 0 radical (unpaired) electrons. The first-order chi connectivity index (χ1) is 15.1. The molecule has 162 valence electrons. The lowest BCUT2D eigenvalue weighted by Crippen LogP contribution is -2.12. The van der Waals surface area contributed by atoms with Gasteiger partial charge in [-0.15, -0.1) is 0 Å². The van der Waals surface area contributed by atoms with Crippen LogP contribution < -0.4 is 0 Å². The summed E-state index contributed by atoms with van der Waals surface area (Å²) in [5.41, 5.74) is 8.53. The van der Waals surface area contributed by atoms with E-state index < -0.39 is 0 Å². The predicted octanol–water partition coefficient (Wildman–Crippen LogP) is 6.76. The number of rotatable bonds is 2. The predicted molar refractivity (Wildman–Crippen MR) is 132 cm³/mol. The maximum Gasteiger partial charge on any atom is 0.140 e. The van der Waals surface area contributed by atoms with Gasteiger partial charge in [-0.2, -0.15) is 0 Å². The number of benzene rings is 2. The SMILES string of the molecule is CC(C)(C)c1cncc(-c2nc3ccc(-c4ccc5nc(C(C)(C)C)[nH]c5c4)cc3[nH]2)c1. The minimum absolute atomic E-state index is 0.0104. The molecule has 3 heterocycles. The smallest absolute Gasteiger partial charge is 0.140 e. The molecule has 0 amide bonds. The third kappa shape index (κ3) is 3.68. The summed E-state index contributed by atoms with van der Waals surface area (Å²) in [4.78, 5) is 21.0. The molecule has 0 saturated carbocycles. The van der Waals surface area contributed by atoms with Crippen LogP contribution in [0.2, 0.25) is 0 Å². The van der Waals surface area contributed by atoms with Crippen molar-refractivity contribution in [1.29, 1.82) is 0 Å².